The minimum absolute atomic E-state index is 0.0201. The minimum Gasteiger partial charge on any atom is -0.484 e. The minimum atomic E-state index is -0.0966. The summed E-state index contributed by atoms with van der Waals surface area (Å²) < 4.78 is 6.46. The highest BCUT2D eigenvalue weighted by Crippen LogP contribution is 2.45. The van der Waals surface area contributed by atoms with Crippen molar-refractivity contribution in [3.63, 3.8) is 0 Å². The lowest BCUT2D eigenvalue weighted by molar-refractivity contribution is -0.129. The largest absolute Gasteiger partial charge is 0.484 e. The quantitative estimate of drug-likeness (QED) is 0.429. The summed E-state index contributed by atoms with van der Waals surface area (Å²) in [6, 6.07) is 3.99. The van der Waals surface area contributed by atoms with Crippen LogP contribution in [-0.4, -0.2) is 102 Å². The van der Waals surface area contributed by atoms with Gasteiger partial charge in [0.15, 0.2) is 11.6 Å². The van der Waals surface area contributed by atoms with Crippen molar-refractivity contribution in [2.45, 2.75) is 32.4 Å². The lowest BCUT2D eigenvalue weighted by Crippen LogP contribution is -2.54. The first-order valence-corrected chi connectivity index (χ1v) is 13.5. The molecular formula is C28H37N9O3. The highest BCUT2D eigenvalue weighted by atomic mass is 16.5. The normalized spacial score (nSPS) is 18.8. The van der Waals surface area contributed by atoms with Gasteiger partial charge in [-0.3, -0.25) is 14.7 Å². The van der Waals surface area contributed by atoms with E-state index in [-0.39, 0.29) is 23.9 Å². The maximum Gasteiger partial charge on any atom is 0.246 e. The summed E-state index contributed by atoms with van der Waals surface area (Å²) >= 11 is 0. The van der Waals surface area contributed by atoms with Crippen LogP contribution in [0.4, 0.5) is 17.6 Å². The van der Waals surface area contributed by atoms with Crippen LogP contribution in [-0.2, 0) is 9.59 Å². The number of aryl methyl sites for hydroxylation is 1. The molecule has 40 heavy (non-hydrogen) atoms. The van der Waals surface area contributed by atoms with Crippen LogP contribution in [0.15, 0.2) is 31.0 Å². The number of nitrogens with zero attached hydrogens (tertiary/aromatic N) is 7. The molecule has 1 saturated heterocycles. The maximum atomic E-state index is 12.3. The molecule has 2 N–H and O–H groups in total. The van der Waals surface area contributed by atoms with E-state index in [9.17, 15) is 9.59 Å². The molecule has 212 valence electrons. The molecule has 2 atom stereocenters. The number of piperazine rings is 1. The van der Waals surface area contributed by atoms with Gasteiger partial charge >= 0.3 is 0 Å². The number of hydrogen-bond donors (Lipinski definition) is 2. The number of amides is 2. The van der Waals surface area contributed by atoms with E-state index in [1.165, 1.54) is 6.08 Å². The van der Waals surface area contributed by atoms with Gasteiger partial charge in [-0.15, -0.1) is 0 Å². The van der Waals surface area contributed by atoms with E-state index in [1.807, 2.05) is 31.1 Å². The lowest BCUT2D eigenvalue weighted by atomic mass is 9.96. The van der Waals surface area contributed by atoms with Crippen LogP contribution in [0.3, 0.4) is 0 Å². The third kappa shape index (κ3) is 5.01. The zero-order chi connectivity index (χ0) is 28.6. The standard InChI is InChI=1S/C28H37N9O3/c1-7-22(38)37-13-12-36(15-18(37)3)27-25-26(31-28(32-27)29-11-10-23(39)34(4)5)35(6)21(16-40-25)24-17(2)8-9-20-19(24)14-30-33-20/h7-9,14,18,21H,1,10-13,15-16H2,2-6H3,(H,30,33)(H,29,31,32)/t18-,21?/m1/s1. The third-order valence-electron chi connectivity index (χ3n) is 7.74. The van der Waals surface area contributed by atoms with Gasteiger partial charge in [-0.1, -0.05) is 12.6 Å². The summed E-state index contributed by atoms with van der Waals surface area (Å²) in [7, 11) is 5.50. The number of H-pyrrole nitrogens is 1. The number of carbonyl (C=O) groups excluding carboxylic acids is 2. The van der Waals surface area contributed by atoms with Crippen molar-refractivity contribution in [3.8, 4) is 5.75 Å². The summed E-state index contributed by atoms with van der Waals surface area (Å²) in [6.45, 7) is 10.3. The van der Waals surface area contributed by atoms with Gasteiger partial charge in [0.1, 0.15) is 6.61 Å². The summed E-state index contributed by atoms with van der Waals surface area (Å²) in [6.07, 6.45) is 3.53. The van der Waals surface area contributed by atoms with E-state index in [2.05, 4.69) is 44.9 Å². The van der Waals surface area contributed by atoms with Crippen LogP contribution in [0.2, 0.25) is 0 Å². The van der Waals surface area contributed by atoms with Gasteiger partial charge in [-0.05, 0) is 37.1 Å². The van der Waals surface area contributed by atoms with Gasteiger partial charge < -0.3 is 29.7 Å². The van der Waals surface area contributed by atoms with Crippen LogP contribution in [0, 0.1) is 6.92 Å². The van der Waals surface area contributed by atoms with Gasteiger partial charge in [0.05, 0.1) is 17.8 Å². The van der Waals surface area contributed by atoms with E-state index < -0.39 is 0 Å². The van der Waals surface area contributed by atoms with Gasteiger partial charge in [0.25, 0.3) is 0 Å². The number of aromatic amines is 1. The first kappa shape index (κ1) is 27.2. The van der Waals surface area contributed by atoms with Crippen molar-refractivity contribution in [2.75, 3.05) is 69.0 Å². The number of benzene rings is 1. The maximum absolute atomic E-state index is 12.3. The average molecular weight is 548 g/mol. The number of anilines is 3. The fraction of sp³-hybridized carbons (Fsp3) is 0.464. The molecule has 1 unspecified atom stereocenters. The first-order valence-electron chi connectivity index (χ1n) is 13.5. The molecule has 0 spiro atoms. The SMILES string of the molecule is C=CC(=O)N1CCN(c2nc(NCCC(=O)N(C)C)nc3c2OCC(c2c(C)ccc4[nH]ncc24)N3C)C[C@H]1C. The highest BCUT2D eigenvalue weighted by Gasteiger charge is 2.36. The van der Waals surface area contributed by atoms with Crippen molar-refractivity contribution in [3.05, 3.63) is 42.1 Å². The smallest absolute Gasteiger partial charge is 0.246 e. The molecule has 2 aromatic heterocycles. The molecule has 5 rings (SSSR count). The number of nitrogens with one attached hydrogen (secondary N) is 2. The molecule has 2 aliphatic heterocycles. The van der Waals surface area contributed by atoms with Crippen molar-refractivity contribution in [2.24, 2.45) is 0 Å². The topological polar surface area (TPSA) is 123 Å². The molecule has 0 bridgehead atoms. The van der Waals surface area contributed by atoms with E-state index in [1.54, 1.807) is 19.0 Å². The number of carbonyl (C=O) groups is 2. The number of ether oxygens (including phenoxy) is 1. The van der Waals surface area contributed by atoms with Crippen molar-refractivity contribution >= 4 is 40.3 Å². The Morgan fingerprint density at radius 1 is 1.25 bits per heavy atom. The molecule has 2 amide bonds. The summed E-state index contributed by atoms with van der Waals surface area (Å²) in [5, 5.41) is 11.6. The van der Waals surface area contributed by atoms with Crippen LogP contribution in [0.25, 0.3) is 10.9 Å². The second kappa shape index (κ2) is 11.0. The molecule has 3 aromatic rings. The van der Waals surface area contributed by atoms with Crippen LogP contribution in [0.5, 0.6) is 5.75 Å². The van der Waals surface area contributed by atoms with E-state index in [0.717, 1.165) is 22.0 Å². The predicted molar refractivity (Wildman–Crippen MR) is 155 cm³/mol. The molecular weight excluding hydrogens is 510 g/mol. The fourth-order valence-corrected chi connectivity index (χ4v) is 5.48. The van der Waals surface area contributed by atoms with E-state index >= 15 is 0 Å². The molecule has 0 radical (unpaired) electrons. The van der Waals surface area contributed by atoms with Gasteiger partial charge in [0, 0.05) is 65.2 Å². The zero-order valence-corrected chi connectivity index (χ0v) is 23.8. The Bertz CT molecular complexity index is 1440. The lowest BCUT2D eigenvalue weighted by Gasteiger charge is -2.42. The summed E-state index contributed by atoms with van der Waals surface area (Å²) in [5.74, 6) is 2.32. The Balaban J connectivity index is 1.50. The summed E-state index contributed by atoms with van der Waals surface area (Å²) in [4.78, 5) is 41.9. The molecule has 1 aromatic carbocycles. The summed E-state index contributed by atoms with van der Waals surface area (Å²) in [5.41, 5.74) is 3.25. The Labute approximate surface area is 234 Å². The Morgan fingerprint density at radius 2 is 2.02 bits per heavy atom. The predicted octanol–water partition coefficient (Wildman–Crippen LogP) is 2.34. The Kier molecular flexibility index (Phi) is 7.51. The average Bonchev–Trinajstić information content (AvgIpc) is 3.42. The van der Waals surface area contributed by atoms with Crippen LogP contribution < -0.4 is 19.9 Å². The van der Waals surface area contributed by atoms with Crippen LogP contribution in [0.1, 0.15) is 30.5 Å². The molecule has 0 saturated carbocycles. The van der Waals surface area contributed by atoms with Crippen molar-refractivity contribution in [1.82, 2.24) is 30.0 Å². The second-order valence-corrected chi connectivity index (χ2v) is 10.6. The van der Waals surface area contributed by atoms with Crippen molar-refractivity contribution in [1.29, 1.82) is 0 Å². The number of hydrogen-bond acceptors (Lipinski definition) is 9. The van der Waals surface area contributed by atoms with Gasteiger partial charge in [0.2, 0.25) is 23.5 Å². The zero-order valence-electron chi connectivity index (χ0n) is 23.8. The van der Waals surface area contributed by atoms with Gasteiger partial charge in [-0.25, -0.2) is 0 Å². The van der Waals surface area contributed by atoms with E-state index in [4.69, 9.17) is 14.7 Å². The van der Waals surface area contributed by atoms with Crippen molar-refractivity contribution < 1.29 is 14.3 Å². The Morgan fingerprint density at radius 3 is 2.75 bits per heavy atom. The number of rotatable bonds is 7. The molecule has 12 nitrogen and oxygen atoms in total. The molecule has 4 heterocycles. The highest BCUT2D eigenvalue weighted by molar-refractivity contribution is 5.87. The number of fused-ring (bicyclic) bond motifs is 2. The number of aromatic nitrogens is 4. The fourth-order valence-electron chi connectivity index (χ4n) is 5.48. The van der Waals surface area contributed by atoms with Crippen LogP contribution >= 0.6 is 0 Å². The Hall–Kier alpha value is -4.35. The molecule has 12 heteroatoms. The molecule has 0 aliphatic carbocycles. The monoisotopic (exact) mass is 547 g/mol. The second-order valence-electron chi connectivity index (χ2n) is 10.6. The third-order valence-corrected chi connectivity index (χ3v) is 7.74. The molecule has 1 fully saturated rings. The first-order chi connectivity index (χ1) is 19.2. The van der Waals surface area contributed by atoms with E-state index in [0.29, 0.717) is 62.5 Å². The molecule has 2 aliphatic rings. The van der Waals surface area contributed by atoms with Gasteiger partial charge in [-0.2, -0.15) is 15.1 Å². The number of likely N-dealkylation sites (N-methyl/N-ethyl adjacent to an activating group) is 1.